The molecule has 2 nitrogen and oxygen atoms in total. The number of nitrogens with one attached hydrogen (secondary N) is 1. The lowest BCUT2D eigenvalue weighted by atomic mass is 10.1. The van der Waals surface area contributed by atoms with E-state index in [2.05, 4.69) is 5.32 Å². The third-order valence-corrected chi connectivity index (χ3v) is 2.36. The van der Waals surface area contributed by atoms with Crippen LogP contribution in [0.25, 0.3) is 0 Å². The monoisotopic (exact) mass is 229 g/mol. The zero-order chi connectivity index (χ0) is 12.0. The van der Waals surface area contributed by atoms with Gasteiger partial charge in [-0.15, -0.1) is 0 Å². The molecule has 0 heterocycles. The highest BCUT2D eigenvalue weighted by Gasteiger charge is 2.13. The Bertz CT molecular complexity index is 325. The molecule has 1 rings (SSSR count). The van der Waals surface area contributed by atoms with Crippen molar-refractivity contribution >= 4 is 0 Å². The van der Waals surface area contributed by atoms with E-state index in [1.54, 1.807) is 13.2 Å². The lowest BCUT2D eigenvalue weighted by Gasteiger charge is -2.17. The first kappa shape index (κ1) is 13.1. The quantitative estimate of drug-likeness (QED) is 0.807. The molecule has 0 saturated heterocycles. The van der Waals surface area contributed by atoms with Gasteiger partial charge in [0.25, 0.3) is 0 Å². The van der Waals surface area contributed by atoms with Crippen LogP contribution in [-0.2, 0) is 11.2 Å². The number of hydrogen-bond acceptors (Lipinski definition) is 2. The summed E-state index contributed by atoms with van der Waals surface area (Å²) in [5.41, 5.74) is 0.378. The van der Waals surface area contributed by atoms with Crippen LogP contribution in [0.2, 0.25) is 0 Å². The highest BCUT2D eigenvalue weighted by molar-refractivity contribution is 5.20. The fourth-order valence-corrected chi connectivity index (χ4v) is 1.65. The van der Waals surface area contributed by atoms with Gasteiger partial charge in [0.1, 0.15) is 0 Å². The molecule has 0 amide bonds. The van der Waals surface area contributed by atoms with Crippen molar-refractivity contribution in [1.29, 1.82) is 0 Å². The van der Waals surface area contributed by atoms with Crippen molar-refractivity contribution < 1.29 is 13.5 Å². The molecule has 1 unspecified atom stereocenters. The van der Waals surface area contributed by atoms with Crippen LogP contribution >= 0.6 is 0 Å². The molecule has 0 radical (unpaired) electrons. The number of ether oxygens (including phenoxy) is 1. The molecule has 1 N–H and O–H groups in total. The van der Waals surface area contributed by atoms with Crippen molar-refractivity contribution in [3.63, 3.8) is 0 Å². The van der Waals surface area contributed by atoms with Crippen LogP contribution < -0.4 is 5.32 Å². The molecule has 0 spiro atoms. The van der Waals surface area contributed by atoms with Crippen molar-refractivity contribution in [3.05, 3.63) is 35.4 Å². The van der Waals surface area contributed by atoms with E-state index >= 15 is 0 Å². The van der Waals surface area contributed by atoms with E-state index in [1.165, 1.54) is 6.07 Å². The van der Waals surface area contributed by atoms with Gasteiger partial charge in [-0.1, -0.05) is 19.1 Å². The van der Waals surface area contributed by atoms with Crippen molar-refractivity contribution in [2.45, 2.75) is 19.4 Å². The zero-order valence-corrected chi connectivity index (χ0v) is 9.59. The zero-order valence-electron chi connectivity index (χ0n) is 9.59. The molecule has 16 heavy (non-hydrogen) atoms. The maximum absolute atomic E-state index is 13.4. The molecule has 4 heteroatoms. The molecule has 1 aromatic rings. The van der Waals surface area contributed by atoms with Gasteiger partial charge in [0.15, 0.2) is 11.6 Å². The van der Waals surface area contributed by atoms with E-state index in [4.69, 9.17) is 4.74 Å². The van der Waals surface area contributed by atoms with Gasteiger partial charge in [-0.3, -0.25) is 0 Å². The van der Waals surface area contributed by atoms with Crippen molar-refractivity contribution in [2.24, 2.45) is 0 Å². The normalized spacial score (nSPS) is 12.8. The van der Waals surface area contributed by atoms with Crippen LogP contribution in [0.15, 0.2) is 18.2 Å². The molecule has 0 fully saturated rings. The Hall–Kier alpha value is -1.00. The Labute approximate surface area is 94.6 Å². The lowest BCUT2D eigenvalue weighted by molar-refractivity contribution is 0.166. The van der Waals surface area contributed by atoms with E-state index in [9.17, 15) is 8.78 Å². The number of benzene rings is 1. The van der Waals surface area contributed by atoms with Crippen LogP contribution in [-0.4, -0.2) is 26.3 Å². The smallest absolute Gasteiger partial charge is 0.162 e. The van der Waals surface area contributed by atoms with Crippen LogP contribution in [0.5, 0.6) is 0 Å². The molecule has 0 aliphatic rings. The van der Waals surface area contributed by atoms with Crippen molar-refractivity contribution in [2.75, 3.05) is 20.3 Å². The average molecular weight is 229 g/mol. The van der Waals surface area contributed by atoms with E-state index in [0.717, 1.165) is 12.6 Å². The van der Waals surface area contributed by atoms with E-state index in [0.29, 0.717) is 18.6 Å². The molecule has 1 aromatic carbocycles. The van der Waals surface area contributed by atoms with Crippen LogP contribution in [0.3, 0.4) is 0 Å². The van der Waals surface area contributed by atoms with Crippen LogP contribution in [0.4, 0.5) is 8.78 Å². The minimum atomic E-state index is -0.801. The molecule has 0 aliphatic carbocycles. The SMILES string of the molecule is CCNC(COC)Cc1cccc(F)c1F. The van der Waals surface area contributed by atoms with E-state index in [-0.39, 0.29) is 6.04 Å². The van der Waals surface area contributed by atoms with Gasteiger partial charge in [-0.2, -0.15) is 0 Å². The van der Waals surface area contributed by atoms with Gasteiger partial charge < -0.3 is 10.1 Å². The molecule has 0 saturated carbocycles. The minimum Gasteiger partial charge on any atom is -0.383 e. The predicted molar refractivity (Wildman–Crippen MR) is 59.4 cm³/mol. The standard InChI is InChI=1S/C12H17F2NO/c1-3-15-10(8-16-2)7-9-5-4-6-11(13)12(9)14/h4-6,10,15H,3,7-8H2,1-2H3. The third-order valence-electron chi connectivity index (χ3n) is 2.36. The minimum absolute atomic E-state index is 0.00583. The number of hydrogen-bond donors (Lipinski definition) is 1. The van der Waals surface area contributed by atoms with Crippen LogP contribution in [0.1, 0.15) is 12.5 Å². The van der Waals surface area contributed by atoms with E-state index in [1.807, 2.05) is 6.92 Å². The van der Waals surface area contributed by atoms with Gasteiger partial charge >= 0.3 is 0 Å². The largest absolute Gasteiger partial charge is 0.383 e. The van der Waals surface area contributed by atoms with Crippen molar-refractivity contribution in [3.8, 4) is 0 Å². The lowest BCUT2D eigenvalue weighted by Crippen LogP contribution is -2.35. The highest BCUT2D eigenvalue weighted by Crippen LogP contribution is 2.13. The summed E-state index contributed by atoms with van der Waals surface area (Å²) in [5, 5.41) is 3.16. The van der Waals surface area contributed by atoms with Gasteiger partial charge in [0, 0.05) is 13.2 Å². The summed E-state index contributed by atoms with van der Waals surface area (Å²) in [5.74, 6) is -1.56. The van der Waals surface area contributed by atoms with Gasteiger partial charge in [0.2, 0.25) is 0 Å². The first-order chi connectivity index (χ1) is 7.69. The summed E-state index contributed by atoms with van der Waals surface area (Å²) in [6.07, 6.45) is 0.422. The Balaban J connectivity index is 2.72. The summed E-state index contributed by atoms with van der Waals surface area (Å²) in [6, 6.07) is 4.24. The summed E-state index contributed by atoms with van der Waals surface area (Å²) in [7, 11) is 1.59. The second-order valence-corrected chi connectivity index (χ2v) is 3.63. The first-order valence-electron chi connectivity index (χ1n) is 5.34. The molecule has 0 aromatic heterocycles. The third kappa shape index (κ3) is 3.54. The molecule has 0 bridgehead atoms. The second-order valence-electron chi connectivity index (χ2n) is 3.63. The highest BCUT2D eigenvalue weighted by atomic mass is 19.2. The van der Waals surface area contributed by atoms with Gasteiger partial charge in [-0.05, 0) is 24.6 Å². The van der Waals surface area contributed by atoms with E-state index < -0.39 is 11.6 Å². The first-order valence-corrected chi connectivity index (χ1v) is 5.34. The summed E-state index contributed by atoms with van der Waals surface area (Å²) in [4.78, 5) is 0. The maximum atomic E-state index is 13.4. The topological polar surface area (TPSA) is 21.3 Å². The molecular formula is C12H17F2NO. The van der Waals surface area contributed by atoms with Gasteiger partial charge in [0.05, 0.1) is 6.61 Å². The molecule has 1 atom stereocenters. The number of likely N-dealkylation sites (N-methyl/N-ethyl adjacent to an activating group) is 1. The van der Waals surface area contributed by atoms with Crippen LogP contribution in [0, 0.1) is 11.6 Å². The number of halogens is 2. The molecular weight excluding hydrogens is 212 g/mol. The number of methoxy groups -OCH3 is 1. The summed E-state index contributed by atoms with van der Waals surface area (Å²) >= 11 is 0. The average Bonchev–Trinajstić information content (AvgIpc) is 2.25. The number of rotatable bonds is 6. The Morgan fingerprint density at radius 2 is 2.12 bits per heavy atom. The predicted octanol–water partition coefficient (Wildman–Crippen LogP) is 2.13. The Kier molecular flexibility index (Phi) is 5.35. The fraction of sp³-hybridized carbons (Fsp3) is 0.500. The Morgan fingerprint density at radius 1 is 1.38 bits per heavy atom. The second kappa shape index (κ2) is 6.55. The summed E-state index contributed by atoms with van der Waals surface area (Å²) in [6.45, 7) is 3.21. The van der Waals surface area contributed by atoms with Gasteiger partial charge in [-0.25, -0.2) is 8.78 Å². The summed E-state index contributed by atoms with van der Waals surface area (Å²) < 4.78 is 31.4. The maximum Gasteiger partial charge on any atom is 0.162 e. The molecule has 0 aliphatic heterocycles. The van der Waals surface area contributed by atoms with Crippen molar-refractivity contribution in [1.82, 2.24) is 5.32 Å². The Morgan fingerprint density at radius 3 is 2.75 bits per heavy atom. The molecule has 90 valence electrons. The fourth-order valence-electron chi connectivity index (χ4n) is 1.65.